The van der Waals surface area contributed by atoms with Gasteiger partial charge in [-0.3, -0.25) is 4.57 Å². The summed E-state index contributed by atoms with van der Waals surface area (Å²) in [7, 11) is -0.920. The lowest BCUT2D eigenvalue weighted by Gasteiger charge is -2.40. The van der Waals surface area contributed by atoms with Crippen molar-refractivity contribution >= 4 is 61.7 Å². The van der Waals surface area contributed by atoms with Crippen LogP contribution in [0.3, 0.4) is 0 Å². The summed E-state index contributed by atoms with van der Waals surface area (Å²) < 4.78 is 18.0. The van der Waals surface area contributed by atoms with Gasteiger partial charge in [0.25, 0.3) is 0 Å². The van der Waals surface area contributed by atoms with Crippen LogP contribution in [0.15, 0.2) is 188 Å². The number of imidazole rings is 1. The van der Waals surface area contributed by atoms with Crippen LogP contribution >= 0.6 is 0 Å². The summed E-state index contributed by atoms with van der Waals surface area (Å²) >= 11 is 0. The van der Waals surface area contributed by atoms with Gasteiger partial charge >= 0.3 is 0 Å². The Morgan fingerprint density at radius 3 is 2.09 bits per heavy atom. The first kappa shape index (κ1) is 32.2. The van der Waals surface area contributed by atoms with Gasteiger partial charge in [-0.25, -0.2) is 9.97 Å². The van der Waals surface area contributed by atoms with Gasteiger partial charge in [0.15, 0.2) is 8.07 Å². The van der Waals surface area contributed by atoms with Crippen molar-refractivity contribution in [1.29, 1.82) is 0 Å². The zero-order chi connectivity index (χ0) is 37.2. The first-order valence-electron chi connectivity index (χ1n) is 18.8. The van der Waals surface area contributed by atoms with Crippen LogP contribution in [0.5, 0.6) is 23.0 Å². The highest BCUT2D eigenvalue weighted by atomic mass is 28.3. The molecule has 0 aliphatic carbocycles. The average Bonchev–Trinajstić information content (AvgIpc) is 3.78. The minimum absolute atomic E-state index is 0.727. The van der Waals surface area contributed by atoms with Crippen LogP contribution in [0.1, 0.15) is 0 Å². The van der Waals surface area contributed by atoms with Crippen molar-refractivity contribution in [3.63, 3.8) is 0 Å². The summed E-state index contributed by atoms with van der Waals surface area (Å²) in [5, 5.41) is 7.33. The number of hydrogen-bond acceptors (Lipinski definition) is 4. The Morgan fingerprint density at radius 1 is 0.571 bits per heavy atom. The molecule has 7 heteroatoms. The molecule has 0 unspecified atom stereocenters. The van der Waals surface area contributed by atoms with Crippen molar-refractivity contribution in [2.75, 3.05) is 0 Å². The minimum atomic E-state index is -2.97. The number of ether oxygens (including phenoxy) is 2. The van der Waals surface area contributed by atoms with E-state index in [1.54, 1.807) is 0 Å². The fraction of sp³-hybridized carbons (Fsp3) is 0.0204. The van der Waals surface area contributed by atoms with Crippen molar-refractivity contribution in [3.8, 4) is 40.2 Å². The highest BCUT2D eigenvalue weighted by Crippen LogP contribution is 2.40. The third kappa shape index (κ3) is 4.81. The Hall–Kier alpha value is -7.22. The normalized spacial score (nSPS) is 13.0. The number of benzene rings is 7. The Morgan fingerprint density at radius 2 is 1.30 bits per heavy atom. The number of aromatic nitrogens is 4. The average molecular weight is 739 g/mol. The van der Waals surface area contributed by atoms with Crippen LogP contribution in [0.25, 0.3) is 50.0 Å². The van der Waals surface area contributed by atoms with Crippen molar-refractivity contribution < 1.29 is 9.47 Å². The second-order valence-corrected chi connectivity index (χ2v) is 17.9. The number of para-hydroxylation sites is 3. The molecular weight excluding hydrogens is 705 g/mol. The predicted octanol–water partition coefficient (Wildman–Crippen LogP) is 9.01. The van der Waals surface area contributed by atoms with Crippen molar-refractivity contribution in [2.45, 2.75) is 0 Å². The first-order valence-corrected chi connectivity index (χ1v) is 20.8. The lowest BCUT2D eigenvalue weighted by molar-refractivity contribution is 0.483. The Labute approximate surface area is 324 Å². The minimum Gasteiger partial charge on any atom is -0.458 e. The van der Waals surface area contributed by atoms with E-state index in [1.807, 2.05) is 48.7 Å². The van der Waals surface area contributed by atoms with Crippen molar-refractivity contribution in [2.24, 2.45) is 7.05 Å². The number of pyridine rings is 1. The molecule has 0 bridgehead atoms. The van der Waals surface area contributed by atoms with E-state index >= 15 is 0 Å². The maximum Gasteiger partial charge on any atom is 0.189 e. The number of rotatable bonds is 6. The molecular formula is C49H34N4O2Si. The van der Waals surface area contributed by atoms with Gasteiger partial charge in [-0.05, 0) is 82.3 Å². The summed E-state index contributed by atoms with van der Waals surface area (Å²) in [4.78, 5) is 9.84. The Kier molecular flexibility index (Phi) is 7.30. The lowest BCUT2D eigenvalue weighted by Crippen LogP contribution is -2.76. The van der Waals surface area contributed by atoms with E-state index in [4.69, 9.17) is 19.4 Å². The monoisotopic (exact) mass is 738 g/mol. The summed E-state index contributed by atoms with van der Waals surface area (Å²) in [5.74, 6) is 4.97. The quantitative estimate of drug-likeness (QED) is 0.160. The molecule has 0 N–H and O–H groups in total. The van der Waals surface area contributed by atoms with Gasteiger partial charge in [0.05, 0.1) is 22.1 Å². The Bertz CT molecular complexity index is 3060. The number of aryl methyl sites for hydroxylation is 1. The smallest absolute Gasteiger partial charge is 0.189 e. The summed E-state index contributed by atoms with van der Waals surface area (Å²) in [5.41, 5.74) is 5.10. The van der Waals surface area contributed by atoms with E-state index < -0.39 is 8.07 Å². The molecule has 0 fully saturated rings. The topological polar surface area (TPSA) is 54.1 Å². The molecule has 7 aromatic carbocycles. The number of fused-ring (bicyclic) bond motifs is 7. The zero-order valence-electron chi connectivity index (χ0n) is 30.5. The van der Waals surface area contributed by atoms with Crippen LogP contribution in [-0.4, -0.2) is 27.2 Å². The fourth-order valence-corrected chi connectivity index (χ4v) is 14.0. The van der Waals surface area contributed by atoms with Crippen LogP contribution in [-0.2, 0) is 7.05 Å². The molecule has 0 radical (unpaired) electrons. The molecule has 0 amide bonds. The van der Waals surface area contributed by atoms with E-state index in [-0.39, 0.29) is 0 Å². The molecule has 1 aliphatic rings. The van der Waals surface area contributed by atoms with Crippen molar-refractivity contribution in [3.05, 3.63) is 188 Å². The molecule has 1 aliphatic heterocycles. The third-order valence-electron chi connectivity index (χ3n) is 11.2. The van der Waals surface area contributed by atoms with E-state index in [0.29, 0.717) is 0 Å². The van der Waals surface area contributed by atoms with Crippen LogP contribution in [0.4, 0.5) is 0 Å². The zero-order valence-corrected chi connectivity index (χ0v) is 31.5. The van der Waals surface area contributed by atoms with E-state index in [2.05, 4.69) is 156 Å². The number of hydrogen-bond donors (Lipinski definition) is 0. The highest BCUT2D eigenvalue weighted by molar-refractivity contribution is 7.21. The van der Waals surface area contributed by atoms with Gasteiger partial charge in [0.2, 0.25) is 0 Å². The molecule has 10 aromatic rings. The molecule has 266 valence electrons. The number of nitrogens with zero attached hydrogens (tertiary/aromatic N) is 4. The standard InChI is InChI=1S/C49H34N4O2Si/c1-52-40-22-9-8-21-39(40)51-49(52)33-15-14-16-34(31-33)54-35-26-27-38-42(32-35)53(46-25-12-13-30-50-46)41-28-29-44-48(47(38)41)56(36-17-4-2-5-18-36,37-19-6-3-7-20-37)45-24-11-10-23-43(45)55-44/h2-32H,1H3. The molecule has 4 heterocycles. The SMILES string of the molecule is Cn1c(-c2cccc(Oc3ccc4c5c6c(ccc5n(-c5ccccn5)c4c3)Oc3ccccc3[Si]6(c3ccccc3)c3ccccc3)c2)nc2ccccc21. The molecule has 6 nitrogen and oxygen atoms in total. The van der Waals surface area contributed by atoms with Crippen LogP contribution in [0, 0.1) is 0 Å². The molecule has 0 saturated heterocycles. The maximum atomic E-state index is 6.90. The molecule has 0 saturated carbocycles. The van der Waals surface area contributed by atoms with Gasteiger partial charge in [-0.2, -0.15) is 0 Å². The largest absolute Gasteiger partial charge is 0.458 e. The Balaban J connectivity index is 1.16. The maximum absolute atomic E-state index is 6.90. The second kappa shape index (κ2) is 12.7. The van der Waals surface area contributed by atoms with Gasteiger partial charge in [0, 0.05) is 40.8 Å². The fourth-order valence-electron chi connectivity index (χ4n) is 8.82. The van der Waals surface area contributed by atoms with E-state index in [9.17, 15) is 0 Å². The van der Waals surface area contributed by atoms with Crippen molar-refractivity contribution in [1.82, 2.24) is 19.1 Å². The summed E-state index contributed by atoms with van der Waals surface area (Å²) in [6, 6.07) is 63.9. The third-order valence-corrected chi connectivity index (χ3v) is 16.0. The lowest BCUT2D eigenvalue weighted by atomic mass is 10.1. The van der Waals surface area contributed by atoms with Gasteiger partial charge in [-0.1, -0.05) is 109 Å². The highest BCUT2D eigenvalue weighted by Gasteiger charge is 2.49. The molecule has 56 heavy (non-hydrogen) atoms. The van der Waals surface area contributed by atoms with Gasteiger partial charge < -0.3 is 14.0 Å². The van der Waals surface area contributed by atoms with Crippen LogP contribution < -0.4 is 30.2 Å². The van der Waals surface area contributed by atoms with Crippen LogP contribution in [0.2, 0.25) is 0 Å². The molecule has 3 aromatic heterocycles. The first-order chi connectivity index (χ1) is 27.7. The molecule has 0 spiro atoms. The van der Waals surface area contributed by atoms with Gasteiger partial charge in [-0.15, -0.1) is 0 Å². The second-order valence-electron chi connectivity index (χ2n) is 14.2. The summed E-state index contributed by atoms with van der Waals surface area (Å²) in [6.45, 7) is 0. The van der Waals surface area contributed by atoms with E-state index in [1.165, 1.54) is 20.7 Å². The predicted molar refractivity (Wildman–Crippen MR) is 228 cm³/mol. The van der Waals surface area contributed by atoms with E-state index in [0.717, 1.165) is 73.0 Å². The summed E-state index contributed by atoms with van der Waals surface area (Å²) in [6.07, 6.45) is 1.85. The molecule has 11 rings (SSSR count). The molecule has 0 atom stereocenters. The van der Waals surface area contributed by atoms with Gasteiger partial charge in [0.1, 0.15) is 34.6 Å².